The summed E-state index contributed by atoms with van der Waals surface area (Å²) in [7, 11) is 1.68. The third-order valence-electron chi connectivity index (χ3n) is 6.22. The largest absolute Gasteiger partial charge is 0.496 e. The number of hydrogen-bond acceptors (Lipinski definition) is 3. The van der Waals surface area contributed by atoms with Gasteiger partial charge in [-0.3, -0.25) is 9.48 Å². The number of methoxy groups -OCH3 is 1. The highest BCUT2D eigenvalue weighted by molar-refractivity contribution is 5.94. The van der Waals surface area contributed by atoms with Gasteiger partial charge in [0, 0.05) is 17.8 Å². The summed E-state index contributed by atoms with van der Waals surface area (Å²) in [6.45, 7) is 0.588. The molecular formula is C23H31N3O2. The molecule has 28 heavy (non-hydrogen) atoms. The lowest BCUT2D eigenvalue weighted by atomic mass is 9.92. The van der Waals surface area contributed by atoms with E-state index in [-0.39, 0.29) is 5.91 Å². The van der Waals surface area contributed by atoms with Gasteiger partial charge in [0.2, 0.25) is 0 Å². The van der Waals surface area contributed by atoms with Crippen molar-refractivity contribution in [1.29, 1.82) is 0 Å². The van der Waals surface area contributed by atoms with E-state index in [1.807, 2.05) is 24.3 Å². The lowest BCUT2D eigenvalue weighted by molar-refractivity contribution is 0.0946. The number of carbonyl (C=O) groups excluding carboxylic acids is 1. The predicted molar refractivity (Wildman–Crippen MR) is 110 cm³/mol. The number of fused-ring (bicyclic) bond motifs is 1. The van der Waals surface area contributed by atoms with Gasteiger partial charge < -0.3 is 10.1 Å². The summed E-state index contributed by atoms with van der Waals surface area (Å²) in [5.41, 5.74) is 4.31. The molecule has 1 aromatic heterocycles. The minimum absolute atomic E-state index is 0.0254. The molecular weight excluding hydrogens is 350 g/mol. The van der Waals surface area contributed by atoms with Crippen LogP contribution >= 0.6 is 0 Å². The highest BCUT2D eigenvalue weighted by Gasteiger charge is 2.28. The average Bonchev–Trinajstić information content (AvgIpc) is 3.14. The summed E-state index contributed by atoms with van der Waals surface area (Å²) in [5, 5.41) is 7.95. The van der Waals surface area contributed by atoms with Crippen LogP contribution in [0.15, 0.2) is 24.3 Å². The Labute approximate surface area is 167 Å². The molecule has 2 aliphatic rings. The number of ether oxygens (including phenoxy) is 1. The number of nitrogens with zero attached hydrogens (tertiary/aromatic N) is 2. The molecule has 0 spiro atoms. The maximum Gasteiger partial charge on any atom is 0.272 e. The van der Waals surface area contributed by atoms with Crippen molar-refractivity contribution < 1.29 is 9.53 Å². The zero-order valence-corrected chi connectivity index (χ0v) is 16.9. The Balaban J connectivity index is 1.47. The van der Waals surface area contributed by atoms with Gasteiger partial charge >= 0.3 is 0 Å². The summed E-state index contributed by atoms with van der Waals surface area (Å²) < 4.78 is 7.63. The van der Waals surface area contributed by atoms with E-state index in [4.69, 9.17) is 9.84 Å². The van der Waals surface area contributed by atoms with Gasteiger partial charge in [-0.2, -0.15) is 5.10 Å². The van der Waals surface area contributed by atoms with Crippen LogP contribution in [0.2, 0.25) is 0 Å². The number of para-hydroxylation sites is 1. The predicted octanol–water partition coefficient (Wildman–Crippen LogP) is 4.25. The first-order chi connectivity index (χ1) is 13.8. The average molecular weight is 382 g/mol. The van der Waals surface area contributed by atoms with Crippen molar-refractivity contribution in [1.82, 2.24) is 15.1 Å². The van der Waals surface area contributed by atoms with E-state index in [1.165, 1.54) is 49.8 Å². The number of aromatic nitrogens is 2. The van der Waals surface area contributed by atoms with Crippen molar-refractivity contribution in [3.8, 4) is 5.75 Å². The van der Waals surface area contributed by atoms with E-state index in [9.17, 15) is 4.79 Å². The molecule has 2 aromatic rings. The maximum absolute atomic E-state index is 12.9. The van der Waals surface area contributed by atoms with E-state index in [1.54, 1.807) is 7.11 Å². The van der Waals surface area contributed by atoms with Gasteiger partial charge in [-0.15, -0.1) is 0 Å². The minimum Gasteiger partial charge on any atom is -0.496 e. The number of amides is 1. The second-order valence-corrected chi connectivity index (χ2v) is 8.04. The monoisotopic (exact) mass is 381 g/mol. The first kappa shape index (κ1) is 19.0. The fraction of sp³-hybridized carbons (Fsp3) is 0.565. The van der Waals surface area contributed by atoms with Crippen LogP contribution in [-0.4, -0.2) is 29.3 Å². The van der Waals surface area contributed by atoms with Crippen molar-refractivity contribution >= 4 is 5.91 Å². The van der Waals surface area contributed by atoms with Crippen LogP contribution in [0.3, 0.4) is 0 Å². The zero-order chi connectivity index (χ0) is 19.3. The normalized spacial score (nSPS) is 17.2. The third-order valence-corrected chi connectivity index (χ3v) is 6.22. The molecule has 0 saturated heterocycles. The fourth-order valence-electron chi connectivity index (χ4n) is 4.74. The van der Waals surface area contributed by atoms with Crippen molar-refractivity contribution in [2.24, 2.45) is 0 Å². The zero-order valence-electron chi connectivity index (χ0n) is 16.9. The van der Waals surface area contributed by atoms with Gasteiger partial charge in [0.15, 0.2) is 5.69 Å². The van der Waals surface area contributed by atoms with Gasteiger partial charge in [0.05, 0.1) is 13.2 Å². The van der Waals surface area contributed by atoms with Crippen LogP contribution < -0.4 is 10.1 Å². The lowest BCUT2D eigenvalue weighted by Crippen LogP contribution is -2.27. The molecule has 0 atom stereocenters. The van der Waals surface area contributed by atoms with E-state index in [0.717, 1.165) is 37.0 Å². The first-order valence-electron chi connectivity index (χ1n) is 10.8. The van der Waals surface area contributed by atoms with E-state index in [2.05, 4.69) is 10.00 Å². The summed E-state index contributed by atoms with van der Waals surface area (Å²) in [4.78, 5) is 12.9. The number of nitrogens with one attached hydrogen (secondary N) is 1. The Hall–Kier alpha value is -2.30. The molecule has 4 rings (SSSR count). The van der Waals surface area contributed by atoms with Gasteiger partial charge in [0.1, 0.15) is 5.75 Å². The Bertz CT molecular complexity index is 821. The molecule has 1 saturated carbocycles. The van der Waals surface area contributed by atoms with E-state index in [0.29, 0.717) is 18.3 Å². The standard InChI is InChI=1S/C23H31N3O2/c1-28-21-14-8-5-9-17(21)15-16-24-23(27)22-19-12-6-7-13-20(19)26(25-22)18-10-3-2-4-11-18/h5,8-9,14,18H,2-4,6-7,10-13,15-16H2,1H3,(H,24,27). The summed E-state index contributed by atoms with van der Waals surface area (Å²) >= 11 is 0. The molecule has 150 valence electrons. The molecule has 1 N–H and O–H groups in total. The van der Waals surface area contributed by atoms with Crippen LogP contribution in [0.25, 0.3) is 0 Å². The Morgan fingerprint density at radius 1 is 1.14 bits per heavy atom. The third kappa shape index (κ3) is 3.94. The molecule has 1 amide bonds. The van der Waals surface area contributed by atoms with Crippen LogP contribution in [-0.2, 0) is 19.3 Å². The summed E-state index contributed by atoms with van der Waals surface area (Å²) in [5.74, 6) is 0.846. The Morgan fingerprint density at radius 2 is 1.93 bits per heavy atom. The number of benzene rings is 1. The fourth-order valence-corrected chi connectivity index (χ4v) is 4.74. The smallest absolute Gasteiger partial charge is 0.272 e. The molecule has 1 aromatic carbocycles. The number of hydrogen-bond donors (Lipinski definition) is 1. The molecule has 5 nitrogen and oxygen atoms in total. The van der Waals surface area contributed by atoms with Crippen LogP contribution in [0.5, 0.6) is 5.75 Å². The second-order valence-electron chi connectivity index (χ2n) is 8.04. The maximum atomic E-state index is 12.9. The van der Waals surface area contributed by atoms with Crippen molar-refractivity contribution in [2.75, 3.05) is 13.7 Å². The molecule has 0 aliphatic heterocycles. The van der Waals surface area contributed by atoms with E-state index >= 15 is 0 Å². The number of carbonyl (C=O) groups is 1. The summed E-state index contributed by atoms with van der Waals surface area (Å²) in [6, 6.07) is 8.45. The number of rotatable bonds is 6. The molecule has 2 aliphatic carbocycles. The molecule has 1 fully saturated rings. The summed E-state index contributed by atoms with van der Waals surface area (Å²) in [6.07, 6.45) is 11.4. The minimum atomic E-state index is -0.0254. The van der Waals surface area contributed by atoms with Crippen LogP contribution in [0.4, 0.5) is 0 Å². The van der Waals surface area contributed by atoms with Gasteiger partial charge in [-0.1, -0.05) is 37.5 Å². The second kappa shape index (κ2) is 8.80. The van der Waals surface area contributed by atoms with E-state index < -0.39 is 0 Å². The molecule has 1 heterocycles. The van der Waals surface area contributed by atoms with Gasteiger partial charge in [-0.05, 0) is 56.6 Å². The molecule has 0 unspecified atom stereocenters. The topological polar surface area (TPSA) is 56.1 Å². The first-order valence-corrected chi connectivity index (χ1v) is 10.8. The Morgan fingerprint density at radius 3 is 2.75 bits per heavy atom. The molecule has 0 bridgehead atoms. The van der Waals surface area contributed by atoms with Crippen molar-refractivity contribution in [3.05, 3.63) is 46.8 Å². The molecule has 0 radical (unpaired) electrons. The quantitative estimate of drug-likeness (QED) is 0.814. The highest BCUT2D eigenvalue weighted by Crippen LogP contribution is 2.33. The van der Waals surface area contributed by atoms with Crippen molar-refractivity contribution in [2.45, 2.75) is 70.3 Å². The highest BCUT2D eigenvalue weighted by atomic mass is 16.5. The van der Waals surface area contributed by atoms with Crippen LogP contribution in [0.1, 0.15) is 78.3 Å². The Kier molecular flexibility index (Phi) is 5.98. The van der Waals surface area contributed by atoms with Gasteiger partial charge in [-0.25, -0.2) is 0 Å². The van der Waals surface area contributed by atoms with Gasteiger partial charge in [0.25, 0.3) is 5.91 Å². The SMILES string of the molecule is COc1ccccc1CCNC(=O)c1nn(C2CCCCC2)c2c1CCCC2. The van der Waals surface area contributed by atoms with Crippen LogP contribution in [0, 0.1) is 0 Å². The molecule has 5 heteroatoms. The lowest BCUT2D eigenvalue weighted by Gasteiger charge is -2.25. The van der Waals surface area contributed by atoms with Crippen molar-refractivity contribution in [3.63, 3.8) is 0 Å².